The highest BCUT2D eigenvalue weighted by Gasteiger charge is 2.30. The Morgan fingerprint density at radius 2 is 1.58 bits per heavy atom. The maximum atomic E-state index is 13.6. The summed E-state index contributed by atoms with van der Waals surface area (Å²) in [4.78, 5) is 24.6. The molecule has 0 bridgehead atoms. The molecule has 43 heavy (non-hydrogen) atoms. The molecule has 1 aliphatic heterocycles. The summed E-state index contributed by atoms with van der Waals surface area (Å²) >= 11 is 0. The second kappa shape index (κ2) is 14.9. The second-order valence-electron chi connectivity index (χ2n) is 10.2. The molecule has 12 heteroatoms. The lowest BCUT2D eigenvalue weighted by molar-refractivity contribution is -0.160. The normalized spacial score (nSPS) is 17.0. The number of alkyl carbamates (subject to hydrolysis) is 1. The van der Waals surface area contributed by atoms with Gasteiger partial charge in [-0.3, -0.25) is 4.79 Å². The van der Waals surface area contributed by atoms with Crippen LogP contribution in [0.1, 0.15) is 35.4 Å². The molecule has 2 atom stereocenters. The molecular weight excluding hydrogens is 573 g/mol. The number of benzene rings is 3. The van der Waals surface area contributed by atoms with Crippen LogP contribution >= 0.6 is 0 Å². The van der Waals surface area contributed by atoms with Crippen molar-refractivity contribution < 1.29 is 41.0 Å². The first-order valence-electron chi connectivity index (χ1n) is 13.8. The largest absolute Gasteiger partial charge is 0.440 e. The van der Waals surface area contributed by atoms with E-state index in [1.54, 1.807) is 30.3 Å². The van der Waals surface area contributed by atoms with Crippen molar-refractivity contribution in [1.29, 1.82) is 0 Å². The summed E-state index contributed by atoms with van der Waals surface area (Å²) in [6.07, 6.45) is -4.62. The summed E-state index contributed by atoms with van der Waals surface area (Å²) in [5.74, 6) is -1.46. The number of hydrogen-bond donors (Lipinski definition) is 3. The molecule has 2 amide bonds. The number of carbonyl (C=O) groups is 2. The molecule has 0 radical (unpaired) electrons. The van der Waals surface area contributed by atoms with Crippen LogP contribution < -0.4 is 16.0 Å². The maximum absolute atomic E-state index is 13.6. The molecule has 1 fully saturated rings. The van der Waals surface area contributed by atoms with E-state index in [1.165, 1.54) is 24.3 Å². The molecule has 4 rings (SSSR count). The topological polar surface area (TPSA) is 88.7 Å². The summed E-state index contributed by atoms with van der Waals surface area (Å²) in [5, 5.41) is 8.47. The average Bonchev–Trinajstić information content (AvgIpc) is 2.98. The first-order valence-corrected chi connectivity index (χ1v) is 13.8. The van der Waals surface area contributed by atoms with Gasteiger partial charge in [0.1, 0.15) is 11.6 Å². The molecule has 0 aromatic heterocycles. The van der Waals surface area contributed by atoms with Crippen molar-refractivity contribution in [2.24, 2.45) is 0 Å². The number of ether oxygens (including phenoxy) is 2. The summed E-state index contributed by atoms with van der Waals surface area (Å²) in [6, 6.07) is 18.9. The Kier molecular flexibility index (Phi) is 11.1. The molecule has 1 heterocycles. The van der Waals surface area contributed by atoms with Crippen LogP contribution in [0.25, 0.3) is 0 Å². The van der Waals surface area contributed by atoms with Gasteiger partial charge in [0, 0.05) is 37.2 Å². The Morgan fingerprint density at radius 1 is 0.953 bits per heavy atom. The van der Waals surface area contributed by atoms with E-state index in [4.69, 9.17) is 4.74 Å². The number of aryl methyl sites for hydroxylation is 1. The van der Waals surface area contributed by atoms with Crippen molar-refractivity contribution in [2.45, 2.75) is 43.5 Å². The summed E-state index contributed by atoms with van der Waals surface area (Å²) in [6.45, 7) is -0.887. The van der Waals surface area contributed by atoms with Gasteiger partial charge in [0.25, 0.3) is 0 Å². The van der Waals surface area contributed by atoms with E-state index in [-0.39, 0.29) is 37.6 Å². The predicted octanol–water partition coefficient (Wildman–Crippen LogP) is 5.70. The number of alkyl halides is 3. The van der Waals surface area contributed by atoms with Crippen LogP contribution in [0, 0.1) is 11.6 Å². The van der Waals surface area contributed by atoms with Gasteiger partial charge in [-0.25, -0.2) is 13.6 Å². The second-order valence-corrected chi connectivity index (χ2v) is 10.2. The third kappa shape index (κ3) is 10.3. The van der Waals surface area contributed by atoms with Crippen LogP contribution in [0.2, 0.25) is 0 Å². The van der Waals surface area contributed by atoms with Gasteiger partial charge in [0.15, 0.2) is 6.61 Å². The number of nitrogens with one attached hydrogen (secondary N) is 3. The fourth-order valence-electron chi connectivity index (χ4n) is 4.77. The van der Waals surface area contributed by atoms with Gasteiger partial charge in [0.2, 0.25) is 5.91 Å². The highest BCUT2D eigenvalue weighted by Crippen LogP contribution is 2.29. The summed E-state index contributed by atoms with van der Waals surface area (Å²) in [7, 11) is 0. The molecule has 0 aliphatic carbocycles. The predicted molar refractivity (Wildman–Crippen MR) is 150 cm³/mol. The minimum atomic E-state index is -4.59. The van der Waals surface area contributed by atoms with Crippen LogP contribution in [0.4, 0.5) is 32.4 Å². The van der Waals surface area contributed by atoms with Gasteiger partial charge >= 0.3 is 12.3 Å². The molecule has 3 aromatic carbocycles. The van der Waals surface area contributed by atoms with Crippen LogP contribution in [0.15, 0.2) is 72.8 Å². The van der Waals surface area contributed by atoms with Crippen molar-refractivity contribution >= 4 is 17.7 Å². The zero-order valence-electron chi connectivity index (χ0n) is 23.1. The lowest BCUT2D eigenvalue weighted by Gasteiger charge is -2.30. The van der Waals surface area contributed by atoms with Crippen LogP contribution in [0.3, 0.4) is 0 Å². The monoisotopic (exact) mass is 605 g/mol. The molecule has 7 nitrogen and oxygen atoms in total. The Bertz CT molecular complexity index is 1300. The fourth-order valence-corrected chi connectivity index (χ4v) is 4.77. The summed E-state index contributed by atoms with van der Waals surface area (Å²) < 4.78 is 73.6. The lowest BCUT2D eigenvalue weighted by Crippen LogP contribution is -2.51. The maximum Gasteiger partial charge on any atom is 0.422 e. The van der Waals surface area contributed by atoms with Gasteiger partial charge < -0.3 is 25.4 Å². The van der Waals surface area contributed by atoms with E-state index in [0.29, 0.717) is 25.1 Å². The van der Waals surface area contributed by atoms with Crippen LogP contribution in [-0.2, 0) is 20.7 Å². The Balaban J connectivity index is 1.28. The van der Waals surface area contributed by atoms with Gasteiger partial charge in [-0.2, -0.15) is 13.2 Å². The van der Waals surface area contributed by atoms with Gasteiger partial charge in [-0.05, 0) is 59.9 Å². The number of rotatable bonds is 11. The van der Waals surface area contributed by atoms with E-state index in [2.05, 4.69) is 20.7 Å². The van der Waals surface area contributed by atoms with Crippen molar-refractivity contribution in [2.75, 3.05) is 31.6 Å². The van der Waals surface area contributed by atoms with Crippen molar-refractivity contribution in [1.82, 2.24) is 10.6 Å². The molecule has 0 spiro atoms. The molecular formula is C31H32F5N3O4. The first-order chi connectivity index (χ1) is 20.6. The molecule has 0 saturated carbocycles. The zero-order chi connectivity index (χ0) is 30.8. The highest BCUT2D eigenvalue weighted by atomic mass is 19.4. The third-order valence-corrected chi connectivity index (χ3v) is 6.99. The van der Waals surface area contributed by atoms with E-state index < -0.39 is 36.4 Å². The SMILES string of the molecule is O=C(CC(c1ccc(F)cc1)c1ccc(F)cc1)Nc1ccccc1CC[C@@H]1CN[C@H](CNC(=O)OCC(F)(F)F)CO1. The van der Waals surface area contributed by atoms with E-state index in [1.807, 2.05) is 18.2 Å². The third-order valence-electron chi connectivity index (χ3n) is 6.99. The fraction of sp³-hybridized carbons (Fsp3) is 0.355. The Morgan fingerprint density at radius 3 is 2.16 bits per heavy atom. The Labute approximate surface area is 245 Å². The average molecular weight is 606 g/mol. The Hall–Kier alpha value is -4.03. The zero-order valence-corrected chi connectivity index (χ0v) is 23.1. The smallest absolute Gasteiger partial charge is 0.422 e. The molecule has 0 unspecified atom stereocenters. The molecule has 1 aliphatic rings. The minimum Gasteiger partial charge on any atom is -0.440 e. The number of hydrogen-bond acceptors (Lipinski definition) is 5. The standard InChI is InChI=1S/C31H32F5N3O4/c32-23-10-5-20(6-11-23)27(21-7-12-24(33)13-8-21)15-29(40)39-28-4-2-1-3-22(28)9-14-26-17-37-25(18-42-26)16-38-30(41)43-19-31(34,35)36/h1-8,10-13,25-27,37H,9,14-19H2,(H,38,41)(H,39,40)/t25-,26-/m1/s1. The first kappa shape index (κ1) is 31.9. The number of para-hydroxylation sites is 1. The van der Waals surface area contributed by atoms with E-state index in [9.17, 15) is 31.5 Å². The van der Waals surface area contributed by atoms with E-state index in [0.717, 1.165) is 16.7 Å². The van der Waals surface area contributed by atoms with Crippen LogP contribution in [-0.4, -0.2) is 56.6 Å². The highest BCUT2D eigenvalue weighted by molar-refractivity contribution is 5.92. The number of anilines is 1. The van der Waals surface area contributed by atoms with Gasteiger partial charge in [-0.1, -0.05) is 42.5 Å². The van der Waals surface area contributed by atoms with Gasteiger partial charge in [-0.15, -0.1) is 0 Å². The van der Waals surface area contributed by atoms with Crippen molar-refractivity contribution in [3.8, 4) is 0 Å². The van der Waals surface area contributed by atoms with E-state index >= 15 is 0 Å². The van der Waals surface area contributed by atoms with Crippen molar-refractivity contribution in [3.63, 3.8) is 0 Å². The quantitative estimate of drug-likeness (QED) is 0.244. The van der Waals surface area contributed by atoms with Crippen molar-refractivity contribution in [3.05, 3.63) is 101 Å². The minimum absolute atomic E-state index is 0.0507. The number of amides is 2. The number of morpholine rings is 1. The molecule has 3 aromatic rings. The molecule has 3 N–H and O–H groups in total. The molecule has 230 valence electrons. The molecule has 1 saturated heterocycles. The summed E-state index contributed by atoms with van der Waals surface area (Å²) in [5.41, 5.74) is 3.00. The number of halogens is 5. The lowest BCUT2D eigenvalue weighted by atomic mass is 9.88. The number of carbonyl (C=O) groups excluding carboxylic acids is 2. The van der Waals surface area contributed by atoms with Crippen LogP contribution in [0.5, 0.6) is 0 Å². The van der Waals surface area contributed by atoms with Gasteiger partial charge in [0.05, 0.1) is 12.7 Å².